The molecule has 0 N–H and O–H groups in total. The maximum atomic E-state index is 14.4. The fraction of sp³-hybridized carbons (Fsp3) is 0.257. The zero-order valence-electron chi connectivity index (χ0n) is 27.0. The summed E-state index contributed by atoms with van der Waals surface area (Å²) >= 11 is 0. The topological polar surface area (TPSA) is 87.0 Å². The third-order valence-electron chi connectivity index (χ3n) is 8.07. The Hall–Kier alpha value is -5.22. The SMILES string of the molecule is [2H]c1ncc2cc(N3CCN(C(=O)OCc4ccccc4)c4c(C)cccc43)c(=O)n(-c3ccc(N(C)CCN(C)C)cc3)c2n1. The van der Waals surface area contributed by atoms with Gasteiger partial charge >= 0.3 is 6.09 Å². The van der Waals surface area contributed by atoms with Gasteiger partial charge in [0.1, 0.15) is 20.0 Å². The molecule has 45 heavy (non-hydrogen) atoms. The van der Waals surface area contributed by atoms with Crippen molar-refractivity contribution in [3.8, 4) is 5.69 Å². The second-order valence-corrected chi connectivity index (χ2v) is 11.4. The second kappa shape index (κ2) is 12.8. The summed E-state index contributed by atoms with van der Waals surface area (Å²) in [6.07, 6.45) is 0.959. The third kappa shape index (κ3) is 6.09. The van der Waals surface area contributed by atoms with Gasteiger partial charge in [0.2, 0.25) is 0 Å². The highest BCUT2D eigenvalue weighted by Gasteiger charge is 2.32. The highest BCUT2D eigenvalue weighted by molar-refractivity contribution is 5.97. The van der Waals surface area contributed by atoms with Crippen molar-refractivity contribution in [1.82, 2.24) is 19.4 Å². The number of fused-ring (bicyclic) bond motifs is 2. The summed E-state index contributed by atoms with van der Waals surface area (Å²) in [5, 5.41) is 0.622. The number of para-hydroxylation sites is 1. The number of hydrogen-bond acceptors (Lipinski definition) is 8. The van der Waals surface area contributed by atoms with Crippen LogP contribution in [-0.4, -0.2) is 72.9 Å². The van der Waals surface area contributed by atoms with E-state index < -0.39 is 6.09 Å². The Morgan fingerprint density at radius 1 is 0.956 bits per heavy atom. The lowest BCUT2D eigenvalue weighted by atomic mass is 10.1. The number of carbonyl (C=O) groups is 1. The van der Waals surface area contributed by atoms with Crippen molar-refractivity contribution in [2.45, 2.75) is 13.5 Å². The van der Waals surface area contributed by atoms with Crippen LogP contribution in [0.1, 0.15) is 12.5 Å². The standard InChI is InChI=1S/C35H37N7O3/c1-25-9-8-12-30-32(25)41(35(44)45-23-26-10-6-5-7-11-26)20-19-40(30)31-21-27-22-36-24-37-33(27)42(34(31)43)29-15-13-28(14-16-29)39(4)18-17-38(2)3/h5-16,21-22,24H,17-20,23H2,1-4H3/i24D. The van der Waals surface area contributed by atoms with E-state index >= 15 is 0 Å². The Kier molecular flexibility index (Phi) is 8.11. The Labute approximate surface area is 264 Å². The van der Waals surface area contributed by atoms with Gasteiger partial charge in [0, 0.05) is 50.5 Å². The van der Waals surface area contributed by atoms with Gasteiger partial charge < -0.3 is 19.4 Å². The highest BCUT2D eigenvalue weighted by Crippen LogP contribution is 2.40. The molecule has 10 nitrogen and oxygen atoms in total. The molecule has 0 saturated carbocycles. The van der Waals surface area contributed by atoms with E-state index in [0.29, 0.717) is 41.2 Å². The van der Waals surface area contributed by atoms with E-state index in [9.17, 15) is 9.59 Å². The first-order chi connectivity index (χ1) is 22.2. The third-order valence-corrected chi connectivity index (χ3v) is 8.07. The lowest BCUT2D eigenvalue weighted by Gasteiger charge is -2.38. The van der Waals surface area contributed by atoms with Crippen molar-refractivity contribution in [3.05, 3.63) is 113 Å². The van der Waals surface area contributed by atoms with Gasteiger partial charge in [-0.05, 0) is 68.5 Å². The lowest BCUT2D eigenvalue weighted by Crippen LogP contribution is -2.44. The fourth-order valence-corrected chi connectivity index (χ4v) is 5.64. The van der Waals surface area contributed by atoms with E-state index in [1.165, 1.54) is 0 Å². The number of carbonyl (C=O) groups excluding carboxylic acids is 1. The average Bonchev–Trinajstić information content (AvgIpc) is 3.06. The Morgan fingerprint density at radius 3 is 2.49 bits per heavy atom. The molecule has 10 heteroatoms. The summed E-state index contributed by atoms with van der Waals surface area (Å²) in [6.45, 7) is 4.55. The molecule has 1 amide bonds. The molecule has 0 atom stereocenters. The molecule has 3 aromatic carbocycles. The molecular weight excluding hydrogens is 566 g/mol. The molecule has 0 aliphatic carbocycles. The van der Waals surface area contributed by atoms with Crippen molar-refractivity contribution in [1.29, 1.82) is 0 Å². The van der Waals surface area contributed by atoms with Crippen LogP contribution in [0.5, 0.6) is 0 Å². The summed E-state index contributed by atoms with van der Waals surface area (Å²) in [4.78, 5) is 44.2. The van der Waals surface area contributed by atoms with Crippen LogP contribution in [-0.2, 0) is 11.3 Å². The number of nitrogens with zero attached hydrogens (tertiary/aromatic N) is 7. The van der Waals surface area contributed by atoms with Gasteiger partial charge in [0.15, 0.2) is 5.65 Å². The van der Waals surface area contributed by atoms with Gasteiger partial charge in [-0.2, -0.15) is 0 Å². The predicted octanol–water partition coefficient (Wildman–Crippen LogP) is 5.38. The molecule has 0 bridgehead atoms. The predicted molar refractivity (Wildman–Crippen MR) is 179 cm³/mol. The minimum atomic E-state index is -0.443. The van der Waals surface area contributed by atoms with Crippen molar-refractivity contribution < 1.29 is 10.9 Å². The van der Waals surface area contributed by atoms with Crippen LogP contribution < -0.4 is 20.3 Å². The molecule has 1 aliphatic rings. The Balaban J connectivity index is 1.39. The summed E-state index contributed by atoms with van der Waals surface area (Å²) in [7, 11) is 6.12. The van der Waals surface area contributed by atoms with Gasteiger partial charge in [-0.3, -0.25) is 14.3 Å². The minimum Gasteiger partial charge on any atom is -0.444 e. The number of benzene rings is 3. The molecular formula is C35H37N7O3. The number of aryl methyl sites for hydroxylation is 1. The van der Waals surface area contributed by atoms with Crippen LogP contribution in [0.4, 0.5) is 27.5 Å². The van der Waals surface area contributed by atoms with Crippen molar-refractivity contribution in [2.24, 2.45) is 0 Å². The number of rotatable bonds is 8. The molecule has 0 fully saturated rings. The number of likely N-dealkylation sites (N-methyl/N-ethyl adjacent to an activating group) is 2. The molecule has 0 radical (unpaired) electrons. The van der Waals surface area contributed by atoms with E-state index in [-0.39, 0.29) is 18.5 Å². The first-order valence-corrected chi connectivity index (χ1v) is 14.9. The molecule has 0 saturated heterocycles. The van der Waals surface area contributed by atoms with E-state index in [4.69, 9.17) is 6.11 Å². The highest BCUT2D eigenvalue weighted by atomic mass is 16.6. The fourth-order valence-electron chi connectivity index (χ4n) is 5.64. The molecule has 3 heterocycles. The summed E-state index contributed by atoms with van der Waals surface area (Å²) in [5.74, 6) is 0. The molecule has 0 unspecified atom stereocenters. The molecule has 5 aromatic rings. The van der Waals surface area contributed by atoms with Crippen molar-refractivity contribution in [2.75, 3.05) is 62.0 Å². The molecule has 230 valence electrons. The number of pyridine rings is 1. The van der Waals surface area contributed by atoms with E-state index in [1.807, 2.05) is 106 Å². The van der Waals surface area contributed by atoms with Crippen LogP contribution in [0.25, 0.3) is 16.7 Å². The first kappa shape index (κ1) is 28.5. The maximum absolute atomic E-state index is 14.4. The normalized spacial score (nSPS) is 13.1. The number of amides is 1. The monoisotopic (exact) mass is 604 g/mol. The number of ether oxygens (including phenoxy) is 1. The first-order valence-electron chi connectivity index (χ1n) is 15.4. The number of aromatic nitrogens is 3. The van der Waals surface area contributed by atoms with Gasteiger partial charge in [0.25, 0.3) is 5.56 Å². The summed E-state index contributed by atoms with van der Waals surface area (Å²) in [6, 6.07) is 24.9. The second-order valence-electron chi connectivity index (χ2n) is 11.4. The van der Waals surface area contributed by atoms with E-state index in [0.717, 1.165) is 35.6 Å². The largest absolute Gasteiger partial charge is 0.444 e. The van der Waals surface area contributed by atoms with E-state index in [2.05, 4.69) is 19.8 Å². The molecule has 1 aliphatic heterocycles. The Morgan fingerprint density at radius 2 is 1.73 bits per heavy atom. The van der Waals surface area contributed by atoms with Crippen LogP contribution >= 0.6 is 0 Å². The summed E-state index contributed by atoms with van der Waals surface area (Å²) < 4.78 is 15.3. The van der Waals surface area contributed by atoms with Crippen molar-refractivity contribution >= 4 is 39.9 Å². The molecule has 0 spiro atoms. The minimum absolute atomic E-state index is 0.165. The molecule has 2 aromatic heterocycles. The van der Waals surface area contributed by atoms with Crippen LogP contribution in [0.3, 0.4) is 0 Å². The van der Waals surface area contributed by atoms with Gasteiger partial charge in [-0.15, -0.1) is 0 Å². The number of hydrogen-bond donors (Lipinski definition) is 0. The van der Waals surface area contributed by atoms with Crippen LogP contribution in [0.2, 0.25) is 0 Å². The smallest absolute Gasteiger partial charge is 0.414 e. The van der Waals surface area contributed by atoms with Crippen LogP contribution in [0.15, 0.2) is 96.2 Å². The zero-order valence-corrected chi connectivity index (χ0v) is 26.0. The van der Waals surface area contributed by atoms with Gasteiger partial charge in [0.05, 0.1) is 17.1 Å². The zero-order chi connectivity index (χ0) is 32.4. The molecule has 6 rings (SSSR count). The number of anilines is 4. The lowest BCUT2D eigenvalue weighted by molar-refractivity contribution is 0.147. The van der Waals surface area contributed by atoms with Gasteiger partial charge in [-0.1, -0.05) is 42.5 Å². The van der Waals surface area contributed by atoms with Gasteiger partial charge in [-0.25, -0.2) is 14.8 Å². The van der Waals surface area contributed by atoms with Crippen molar-refractivity contribution in [3.63, 3.8) is 0 Å². The van der Waals surface area contributed by atoms with Crippen LogP contribution in [0, 0.1) is 6.92 Å². The summed E-state index contributed by atoms with van der Waals surface area (Å²) in [5.41, 5.74) is 5.36. The van der Waals surface area contributed by atoms with E-state index in [1.54, 1.807) is 21.7 Å². The Bertz CT molecular complexity index is 1930. The average molecular weight is 605 g/mol. The quantitative estimate of drug-likeness (QED) is 0.233. The maximum Gasteiger partial charge on any atom is 0.414 e.